The minimum absolute atomic E-state index is 0.108. The molecule has 1 aliphatic carbocycles. The van der Waals surface area contributed by atoms with Crippen LogP contribution in [-0.2, 0) is 9.59 Å². The van der Waals surface area contributed by atoms with E-state index in [9.17, 15) is 9.59 Å². The lowest BCUT2D eigenvalue weighted by atomic mass is 9.90. The number of rotatable bonds is 3. The van der Waals surface area contributed by atoms with Gasteiger partial charge in [-0.05, 0) is 39.5 Å². The number of carbonyl (C=O) groups is 2. The first-order valence-electron chi connectivity index (χ1n) is 8.33. The molecule has 1 saturated carbocycles. The van der Waals surface area contributed by atoms with Gasteiger partial charge in [-0.1, -0.05) is 20.8 Å². The quantitative estimate of drug-likeness (QED) is 0.803. The standard InChI is InChI=1S/C17H30N2O2/c1-12(2)19(14-6-7-14)15(20)13-8-10-18(11-9-13)16(21)17(3,4)5/h12-14H,6-11H2,1-5H3. The Morgan fingerprint density at radius 1 is 1.05 bits per heavy atom. The summed E-state index contributed by atoms with van der Waals surface area (Å²) in [4.78, 5) is 29.0. The molecule has 120 valence electrons. The molecule has 0 unspecified atom stereocenters. The van der Waals surface area contributed by atoms with Crippen LogP contribution in [0.1, 0.15) is 60.3 Å². The maximum Gasteiger partial charge on any atom is 0.227 e. The van der Waals surface area contributed by atoms with Crippen LogP contribution < -0.4 is 0 Å². The van der Waals surface area contributed by atoms with Gasteiger partial charge in [0.1, 0.15) is 0 Å². The van der Waals surface area contributed by atoms with E-state index in [-0.39, 0.29) is 17.2 Å². The van der Waals surface area contributed by atoms with Crippen molar-refractivity contribution in [1.29, 1.82) is 0 Å². The number of piperidine rings is 1. The number of hydrogen-bond donors (Lipinski definition) is 0. The molecule has 0 N–H and O–H groups in total. The lowest BCUT2D eigenvalue weighted by Gasteiger charge is -2.38. The van der Waals surface area contributed by atoms with E-state index >= 15 is 0 Å². The Hall–Kier alpha value is -1.06. The monoisotopic (exact) mass is 294 g/mol. The van der Waals surface area contributed by atoms with Crippen molar-refractivity contribution in [3.05, 3.63) is 0 Å². The highest BCUT2D eigenvalue weighted by molar-refractivity contribution is 5.83. The van der Waals surface area contributed by atoms with Crippen LogP contribution in [0.25, 0.3) is 0 Å². The van der Waals surface area contributed by atoms with E-state index in [4.69, 9.17) is 0 Å². The lowest BCUT2D eigenvalue weighted by Crippen LogP contribution is -2.49. The SMILES string of the molecule is CC(C)N(C(=O)C1CCN(C(=O)C(C)(C)C)CC1)C1CC1. The van der Waals surface area contributed by atoms with Crippen LogP contribution >= 0.6 is 0 Å². The Morgan fingerprint density at radius 2 is 1.57 bits per heavy atom. The predicted octanol–water partition coefficient (Wildman–Crippen LogP) is 2.67. The van der Waals surface area contributed by atoms with Gasteiger partial charge in [-0.3, -0.25) is 9.59 Å². The van der Waals surface area contributed by atoms with Crippen LogP contribution in [0.4, 0.5) is 0 Å². The second-order valence-corrected chi connectivity index (χ2v) is 7.89. The molecular formula is C17H30N2O2. The minimum atomic E-state index is -0.325. The van der Waals surface area contributed by atoms with Crippen molar-refractivity contribution in [2.45, 2.75) is 72.4 Å². The molecule has 0 atom stereocenters. The van der Waals surface area contributed by atoms with Crippen LogP contribution in [0.5, 0.6) is 0 Å². The molecule has 1 saturated heterocycles. The van der Waals surface area contributed by atoms with Gasteiger partial charge in [0.05, 0.1) is 0 Å². The predicted molar refractivity (Wildman–Crippen MR) is 83.8 cm³/mol. The van der Waals surface area contributed by atoms with E-state index in [1.807, 2.05) is 25.7 Å². The average Bonchev–Trinajstić information content (AvgIpc) is 3.21. The molecule has 0 bridgehead atoms. The summed E-state index contributed by atoms with van der Waals surface area (Å²) >= 11 is 0. The molecule has 1 heterocycles. The summed E-state index contributed by atoms with van der Waals surface area (Å²) in [6, 6.07) is 0.769. The summed E-state index contributed by atoms with van der Waals surface area (Å²) in [5.41, 5.74) is -0.325. The fourth-order valence-electron chi connectivity index (χ4n) is 3.22. The smallest absolute Gasteiger partial charge is 0.227 e. The largest absolute Gasteiger partial charge is 0.342 e. The second-order valence-electron chi connectivity index (χ2n) is 7.89. The highest BCUT2D eigenvalue weighted by Crippen LogP contribution is 2.32. The fraction of sp³-hybridized carbons (Fsp3) is 0.882. The van der Waals surface area contributed by atoms with Gasteiger partial charge < -0.3 is 9.80 Å². The maximum absolute atomic E-state index is 12.7. The fourth-order valence-corrected chi connectivity index (χ4v) is 3.22. The number of hydrogen-bond acceptors (Lipinski definition) is 2. The van der Waals surface area contributed by atoms with E-state index in [1.165, 1.54) is 0 Å². The zero-order valence-corrected chi connectivity index (χ0v) is 14.2. The van der Waals surface area contributed by atoms with E-state index in [1.54, 1.807) is 0 Å². The summed E-state index contributed by atoms with van der Waals surface area (Å²) in [6.45, 7) is 11.5. The van der Waals surface area contributed by atoms with E-state index in [0.29, 0.717) is 18.0 Å². The third-order valence-electron chi connectivity index (χ3n) is 4.52. The van der Waals surface area contributed by atoms with E-state index in [2.05, 4.69) is 18.7 Å². The topological polar surface area (TPSA) is 40.6 Å². The Morgan fingerprint density at radius 3 is 1.95 bits per heavy atom. The molecule has 2 fully saturated rings. The summed E-state index contributed by atoms with van der Waals surface area (Å²) in [5, 5.41) is 0. The Labute approximate surface area is 128 Å². The first kappa shape index (κ1) is 16.3. The maximum atomic E-state index is 12.7. The van der Waals surface area contributed by atoms with Gasteiger partial charge in [-0.2, -0.15) is 0 Å². The van der Waals surface area contributed by atoms with E-state index < -0.39 is 0 Å². The number of amides is 2. The molecule has 0 aromatic rings. The Kier molecular flexibility index (Phi) is 4.64. The second kappa shape index (κ2) is 5.98. The summed E-state index contributed by atoms with van der Waals surface area (Å²) < 4.78 is 0. The van der Waals surface area contributed by atoms with Gasteiger partial charge in [0.2, 0.25) is 11.8 Å². The minimum Gasteiger partial charge on any atom is -0.342 e. The first-order chi connectivity index (χ1) is 9.71. The van der Waals surface area contributed by atoms with Crippen LogP contribution in [0, 0.1) is 11.3 Å². The van der Waals surface area contributed by atoms with Crippen LogP contribution in [0.2, 0.25) is 0 Å². The zero-order valence-electron chi connectivity index (χ0n) is 14.2. The molecule has 2 aliphatic rings. The highest BCUT2D eigenvalue weighted by atomic mass is 16.2. The van der Waals surface area contributed by atoms with Crippen molar-refractivity contribution in [3.63, 3.8) is 0 Å². The average molecular weight is 294 g/mol. The molecular weight excluding hydrogens is 264 g/mol. The molecule has 0 aromatic carbocycles. The molecule has 4 nitrogen and oxygen atoms in total. The molecule has 1 aliphatic heterocycles. The third kappa shape index (κ3) is 3.78. The molecule has 0 spiro atoms. The van der Waals surface area contributed by atoms with Crippen LogP contribution in [0.15, 0.2) is 0 Å². The summed E-state index contributed by atoms with van der Waals surface area (Å²) in [6.07, 6.45) is 3.95. The van der Waals surface area contributed by atoms with Crippen molar-refractivity contribution in [2.75, 3.05) is 13.1 Å². The van der Waals surface area contributed by atoms with Gasteiger partial charge >= 0.3 is 0 Å². The number of likely N-dealkylation sites (tertiary alicyclic amines) is 1. The molecule has 0 aromatic heterocycles. The number of carbonyl (C=O) groups excluding carboxylic acids is 2. The zero-order chi connectivity index (χ0) is 15.8. The van der Waals surface area contributed by atoms with Gasteiger partial charge in [0.15, 0.2) is 0 Å². The van der Waals surface area contributed by atoms with Gasteiger partial charge in [-0.25, -0.2) is 0 Å². The first-order valence-corrected chi connectivity index (χ1v) is 8.33. The van der Waals surface area contributed by atoms with Crippen molar-refractivity contribution in [3.8, 4) is 0 Å². The normalized spacial score (nSPS) is 20.8. The van der Waals surface area contributed by atoms with Crippen LogP contribution in [0.3, 0.4) is 0 Å². The summed E-state index contributed by atoms with van der Waals surface area (Å²) in [5.74, 6) is 0.628. The molecule has 2 amide bonds. The van der Waals surface area contributed by atoms with Gasteiger partial charge in [-0.15, -0.1) is 0 Å². The van der Waals surface area contributed by atoms with Gasteiger partial charge in [0, 0.05) is 36.5 Å². The third-order valence-corrected chi connectivity index (χ3v) is 4.52. The molecule has 0 radical (unpaired) electrons. The molecule has 4 heteroatoms. The van der Waals surface area contributed by atoms with E-state index in [0.717, 1.165) is 38.8 Å². The lowest BCUT2D eigenvalue weighted by molar-refractivity contribution is -0.146. The molecule has 2 rings (SSSR count). The summed E-state index contributed by atoms with van der Waals surface area (Å²) in [7, 11) is 0. The Balaban J connectivity index is 1.91. The molecule has 21 heavy (non-hydrogen) atoms. The van der Waals surface area contributed by atoms with Crippen molar-refractivity contribution in [2.24, 2.45) is 11.3 Å². The van der Waals surface area contributed by atoms with Crippen molar-refractivity contribution >= 4 is 11.8 Å². The van der Waals surface area contributed by atoms with Gasteiger partial charge in [0.25, 0.3) is 0 Å². The Bertz CT molecular complexity index is 398. The van der Waals surface area contributed by atoms with Crippen LogP contribution in [-0.4, -0.2) is 46.8 Å². The van der Waals surface area contributed by atoms with Crippen molar-refractivity contribution < 1.29 is 9.59 Å². The van der Waals surface area contributed by atoms with Crippen molar-refractivity contribution in [1.82, 2.24) is 9.80 Å². The highest BCUT2D eigenvalue weighted by Gasteiger charge is 2.39. The number of nitrogens with zero attached hydrogens (tertiary/aromatic N) is 2.